The van der Waals surface area contributed by atoms with Gasteiger partial charge in [0.1, 0.15) is 18.2 Å². The molecule has 1 aliphatic rings. The van der Waals surface area contributed by atoms with Gasteiger partial charge in [-0.25, -0.2) is 4.39 Å². The van der Waals surface area contributed by atoms with Crippen molar-refractivity contribution in [3.63, 3.8) is 0 Å². The molecular weight excluding hydrogens is 243 g/mol. The highest BCUT2D eigenvalue weighted by atomic mass is 19.1. The van der Waals surface area contributed by atoms with Gasteiger partial charge in [0.25, 0.3) is 0 Å². The Morgan fingerprint density at radius 3 is 2.53 bits per heavy atom. The van der Waals surface area contributed by atoms with E-state index in [-0.39, 0.29) is 5.82 Å². The normalized spacial score (nSPS) is 19.3. The van der Waals surface area contributed by atoms with Gasteiger partial charge in [0.05, 0.1) is 0 Å². The number of hydrogen-bond donors (Lipinski definition) is 1. The van der Waals surface area contributed by atoms with Gasteiger partial charge >= 0.3 is 0 Å². The molecule has 1 saturated heterocycles. The molecule has 1 aliphatic heterocycles. The molecule has 0 aliphatic carbocycles. The summed E-state index contributed by atoms with van der Waals surface area (Å²) in [5, 5.41) is 0. The van der Waals surface area contributed by atoms with Crippen LogP contribution in [0.15, 0.2) is 24.3 Å². The van der Waals surface area contributed by atoms with Crippen LogP contribution in [0.5, 0.6) is 5.75 Å². The van der Waals surface area contributed by atoms with Gasteiger partial charge in [0.15, 0.2) is 0 Å². The van der Waals surface area contributed by atoms with Gasteiger partial charge in [-0.05, 0) is 63.0 Å². The van der Waals surface area contributed by atoms with Crippen LogP contribution in [0.1, 0.15) is 19.8 Å². The number of rotatable bonds is 5. The molecule has 0 radical (unpaired) electrons. The first kappa shape index (κ1) is 14.3. The van der Waals surface area contributed by atoms with E-state index in [1.807, 2.05) is 0 Å². The Balaban J connectivity index is 1.65. The van der Waals surface area contributed by atoms with E-state index in [2.05, 4.69) is 11.8 Å². The minimum atomic E-state index is -0.231. The maximum atomic E-state index is 12.7. The minimum absolute atomic E-state index is 0.231. The molecule has 3 nitrogen and oxygen atoms in total. The highest BCUT2D eigenvalue weighted by molar-refractivity contribution is 5.21. The summed E-state index contributed by atoms with van der Waals surface area (Å²) in [7, 11) is 0. The van der Waals surface area contributed by atoms with Crippen LogP contribution in [0.2, 0.25) is 0 Å². The molecule has 1 fully saturated rings. The second kappa shape index (κ2) is 6.87. The van der Waals surface area contributed by atoms with Crippen molar-refractivity contribution < 1.29 is 9.13 Å². The van der Waals surface area contributed by atoms with Gasteiger partial charge in [0.2, 0.25) is 0 Å². The Morgan fingerprint density at radius 1 is 1.32 bits per heavy atom. The first-order chi connectivity index (χ1) is 9.15. The lowest BCUT2D eigenvalue weighted by Crippen LogP contribution is -2.41. The van der Waals surface area contributed by atoms with E-state index >= 15 is 0 Å². The number of nitrogens with zero attached hydrogens (tertiary/aromatic N) is 1. The molecule has 1 heterocycles. The zero-order chi connectivity index (χ0) is 13.7. The van der Waals surface area contributed by atoms with Gasteiger partial charge < -0.3 is 10.5 Å². The summed E-state index contributed by atoms with van der Waals surface area (Å²) in [5.41, 5.74) is 5.93. The Kier molecular flexibility index (Phi) is 5.16. The molecule has 1 aromatic rings. The standard InChI is InChI=1S/C15H23FN2O/c1-12(17)13-6-8-18(9-7-13)10-11-19-15-4-2-14(16)3-5-15/h2-5,12-13H,6-11,17H2,1H3. The van der Waals surface area contributed by atoms with Crippen LogP contribution in [0.4, 0.5) is 4.39 Å². The number of likely N-dealkylation sites (tertiary alicyclic amines) is 1. The summed E-state index contributed by atoms with van der Waals surface area (Å²) in [6, 6.07) is 6.47. The zero-order valence-corrected chi connectivity index (χ0v) is 11.5. The van der Waals surface area contributed by atoms with Crippen molar-refractivity contribution in [3.8, 4) is 5.75 Å². The third-order valence-electron chi connectivity index (χ3n) is 3.87. The van der Waals surface area contributed by atoms with Crippen molar-refractivity contribution in [3.05, 3.63) is 30.1 Å². The molecule has 0 saturated carbocycles. The lowest BCUT2D eigenvalue weighted by Gasteiger charge is -2.33. The predicted octanol–water partition coefficient (Wildman–Crippen LogP) is 2.26. The first-order valence-electron chi connectivity index (χ1n) is 7.01. The fourth-order valence-corrected chi connectivity index (χ4v) is 2.53. The fraction of sp³-hybridized carbons (Fsp3) is 0.600. The highest BCUT2D eigenvalue weighted by Crippen LogP contribution is 2.19. The summed E-state index contributed by atoms with van der Waals surface area (Å²) >= 11 is 0. The molecule has 2 N–H and O–H groups in total. The third-order valence-corrected chi connectivity index (χ3v) is 3.87. The van der Waals surface area contributed by atoms with E-state index in [0.29, 0.717) is 18.6 Å². The SMILES string of the molecule is CC(N)C1CCN(CCOc2ccc(F)cc2)CC1. The molecule has 106 valence electrons. The third kappa shape index (κ3) is 4.48. The van der Waals surface area contributed by atoms with Crippen LogP contribution < -0.4 is 10.5 Å². The minimum Gasteiger partial charge on any atom is -0.492 e. The quantitative estimate of drug-likeness (QED) is 0.888. The lowest BCUT2D eigenvalue weighted by atomic mass is 9.91. The highest BCUT2D eigenvalue weighted by Gasteiger charge is 2.21. The number of halogens is 1. The Labute approximate surface area is 114 Å². The number of ether oxygens (including phenoxy) is 1. The van der Waals surface area contributed by atoms with Crippen LogP contribution in [0.25, 0.3) is 0 Å². The van der Waals surface area contributed by atoms with Crippen LogP contribution in [0.3, 0.4) is 0 Å². The molecule has 0 bridgehead atoms. The molecule has 1 unspecified atom stereocenters. The summed E-state index contributed by atoms with van der Waals surface area (Å²) in [5.74, 6) is 1.16. The largest absolute Gasteiger partial charge is 0.492 e. The van der Waals surface area contributed by atoms with E-state index < -0.39 is 0 Å². The second-order valence-electron chi connectivity index (χ2n) is 5.34. The molecule has 19 heavy (non-hydrogen) atoms. The molecule has 1 atom stereocenters. The van der Waals surface area contributed by atoms with E-state index in [9.17, 15) is 4.39 Å². The Bertz CT molecular complexity index is 372. The fourth-order valence-electron chi connectivity index (χ4n) is 2.53. The molecule has 0 spiro atoms. The van der Waals surface area contributed by atoms with Crippen molar-refractivity contribution in [2.45, 2.75) is 25.8 Å². The van der Waals surface area contributed by atoms with Gasteiger partial charge in [0, 0.05) is 12.6 Å². The van der Waals surface area contributed by atoms with Crippen molar-refractivity contribution in [1.29, 1.82) is 0 Å². The van der Waals surface area contributed by atoms with Crippen molar-refractivity contribution in [2.75, 3.05) is 26.2 Å². The first-order valence-corrected chi connectivity index (χ1v) is 7.01. The summed E-state index contributed by atoms with van der Waals surface area (Å²) in [6.07, 6.45) is 2.35. The van der Waals surface area contributed by atoms with Crippen LogP contribution >= 0.6 is 0 Å². The zero-order valence-electron chi connectivity index (χ0n) is 11.5. The van der Waals surface area contributed by atoms with Crippen LogP contribution in [-0.4, -0.2) is 37.2 Å². The number of piperidine rings is 1. The van der Waals surface area contributed by atoms with Gasteiger partial charge in [-0.15, -0.1) is 0 Å². The summed E-state index contributed by atoms with van der Waals surface area (Å²) in [6.45, 7) is 5.85. The molecular formula is C15H23FN2O. The van der Waals surface area contributed by atoms with Gasteiger partial charge in [-0.2, -0.15) is 0 Å². The Morgan fingerprint density at radius 2 is 1.95 bits per heavy atom. The number of hydrogen-bond acceptors (Lipinski definition) is 3. The average molecular weight is 266 g/mol. The van der Waals surface area contributed by atoms with E-state index in [1.165, 1.54) is 25.0 Å². The topological polar surface area (TPSA) is 38.5 Å². The Hall–Kier alpha value is -1.13. The van der Waals surface area contributed by atoms with E-state index in [1.54, 1.807) is 12.1 Å². The summed E-state index contributed by atoms with van der Waals surface area (Å²) < 4.78 is 18.3. The van der Waals surface area contributed by atoms with Crippen LogP contribution in [-0.2, 0) is 0 Å². The van der Waals surface area contributed by atoms with Crippen molar-refractivity contribution in [2.24, 2.45) is 11.7 Å². The van der Waals surface area contributed by atoms with Gasteiger partial charge in [-0.3, -0.25) is 4.90 Å². The van der Waals surface area contributed by atoms with E-state index in [4.69, 9.17) is 10.5 Å². The average Bonchev–Trinajstić information content (AvgIpc) is 2.41. The molecule has 0 aromatic heterocycles. The van der Waals surface area contributed by atoms with Crippen LogP contribution in [0, 0.1) is 11.7 Å². The monoisotopic (exact) mass is 266 g/mol. The maximum Gasteiger partial charge on any atom is 0.123 e. The molecule has 1 aromatic carbocycles. The summed E-state index contributed by atoms with van der Waals surface area (Å²) in [4.78, 5) is 2.41. The molecule has 4 heteroatoms. The van der Waals surface area contributed by atoms with E-state index in [0.717, 1.165) is 25.4 Å². The molecule has 2 rings (SSSR count). The smallest absolute Gasteiger partial charge is 0.123 e. The molecule has 0 amide bonds. The van der Waals surface area contributed by atoms with Gasteiger partial charge in [-0.1, -0.05) is 0 Å². The predicted molar refractivity (Wildman–Crippen MR) is 74.7 cm³/mol. The number of nitrogens with two attached hydrogens (primary N) is 1. The second-order valence-corrected chi connectivity index (χ2v) is 5.34. The van der Waals surface area contributed by atoms with Crippen molar-refractivity contribution >= 4 is 0 Å². The maximum absolute atomic E-state index is 12.7. The lowest BCUT2D eigenvalue weighted by molar-refractivity contribution is 0.147. The van der Waals surface area contributed by atoms with Crippen molar-refractivity contribution in [1.82, 2.24) is 4.90 Å². The number of benzene rings is 1.